The van der Waals surface area contributed by atoms with Crippen molar-refractivity contribution in [1.82, 2.24) is 10.2 Å². The Morgan fingerprint density at radius 3 is 2.50 bits per heavy atom. The molecule has 3 amide bonds. The van der Waals surface area contributed by atoms with E-state index in [9.17, 15) is 14.4 Å². The zero-order valence-electron chi connectivity index (χ0n) is 12.1. The molecular weight excluding hydrogens is 258 g/mol. The van der Waals surface area contributed by atoms with Gasteiger partial charge in [-0.25, -0.2) is 0 Å². The van der Waals surface area contributed by atoms with Gasteiger partial charge in [-0.2, -0.15) is 0 Å². The van der Waals surface area contributed by atoms with Crippen molar-refractivity contribution in [1.29, 1.82) is 0 Å². The van der Waals surface area contributed by atoms with E-state index in [1.807, 2.05) is 0 Å². The summed E-state index contributed by atoms with van der Waals surface area (Å²) in [7, 11) is 0. The Morgan fingerprint density at radius 1 is 1.35 bits per heavy atom. The summed E-state index contributed by atoms with van der Waals surface area (Å²) in [5.41, 5.74) is 5.27. The monoisotopic (exact) mass is 281 g/mol. The van der Waals surface area contributed by atoms with Gasteiger partial charge in [0, 0.05) is 6.54 Å². The van der Waals surface area contributed by atoms with Gasteiger partial charge in [-0.05, 0) is 38.5 Å². The molecule has 1 aliphatic heterocycles. The number of piperazine rings is 1. The lowest BCUT2D eigenvalue weighted by Gasteiger charge is -2.43. The predicted molar refractivity (Wildman–Crippen MR) is 73.4 cm³/mol. The molecule has 3 N–H and O–H groups in total. The molecule has 0 spiro atoms. The zero-order valence-corrected chi connectivity index (χ0v) is 12.1. The van der Waals surface area contributed by atoms with E-state index in [0.717, 1.165) is 25.7 Å². The van der Waals surface area contributed by atoms with Gasteiger partial charge in [0.05, 0.1) is 5.41 Å². The van der Waals surface area contributed by atoms with Crippen molar-refractivity contribution in [3.63, 3.8) is 0 Å². The van der Waals surface area contributed by atoms with Crippen LogP contribution in [0.2, 0.25) is 0 Å². The molecule has 1 unspecified atom stereocenters. The first-order valence-corrected chi connectivity index (χ1v) is 7.24. The van der Waals surface area contributed by atoms with Crippen molar-refractivity contribution in [2.24, 2.45) is 17.1 Å². The molecule has 1 atom stereocenters. The minimum absolute atomic E-state index is 0.0525. The number of nitrogens with one attached hydrogen (secondary N) is 1. The minimum Gasteiger partial charge on any atom is -0.329 e. The maximum absolute atomic E-state index is 12.8. The van der Waals surface area contributed by atoms with Crippen molar-refractivity contribution in [2.75, 3.05) is 13.1 Å². The summed E-state index contributed by atoms with van der Waals surface area (Å²) in [6.07, 6.45) is 3.40. The third-order valence-corrected chi connectivity index (χ3v) is 4.76. The van der Waals surface area contributed by atoms with Crippen molar-refractivity contribution in [3.05, 3.63) is 0 Å². The first-order chi connectivity index (χ1) is 9.39. The van der Waals surface area contributed by atoms with Crippen LogP contribution in [0.15, 0.2) is 0 Å². The lowest BCUT2D eigenvalue weighted by atomic mass is 9.69. The Balaban J connectivity index is 2.19. The topological polar surface area (TPSA) is 92.5 Å². The fourth-order valence-electron chi connectivity index (χ4n) is 3.09. The highest BCUT2D eigenvalue weighted by Gasteiger charge is 2.46. The molecule has 1 saturated carbocycles. The molecule has 2 rings (SSSR count). The zero-order chi connectivity index (χ0) is 14.9. The van der Waals surface area contributed by atoms with Gasteiger partial charge in [0.25, 0.3) is 0 Å². The SMILES string of the molecule is CC1CCC(CN)(C(=O)N2CC(=O)NC(=O)C2C)CC1. The van der Waals surface area contributed by atoms with Crippen molar-refractivity contribution in [2.45, 2.75) is 45.6 Å². The van der Waals surface area contributed by atoms with Gasteiger partial charge in [-0.1, -0.05) is 6.92 Å². The van der Waals surface area contributed by atoms with E-state index in [0.29, 0.717) is 5.92 Å². The Labute approximate surface area is 119 Å². The average Bonchev–Trinajstić information content (AvgIpc) is 2.43. The van der Waals surface area contributed by atoms with Gasteiger partial charge < -0.3 is 10.6 Å². The molecular formula is C14H23N3O3. The lowest BCUT2D eigenvalue weighted by molar-refractivity contribution is -0.156. The second-order valence-electron chi connectivity index (χ2n) is 6.19. The van der Waals surface area contributed by atoms with Crippen LogP contribution in [0.4, 0.5) is 0 Å². The number of amides is 3. The second-order valence-corrected chi connectivity index (χ2v) is 6.19. The van der Waals surface area contributed by atoms with Crippen LogP contribution >= 0.6 is 0 Å². The number of nitrogens with zero attached hydrogens (tertiary/aromatic N) is 1. The van der Waals surface area contributed by atoms with E-state index in [4.69, 9.17) is 5.73 Å². The summed E-state index contributed by atoms with van der Waals surface area (Å²) in [4.78, 5) is 37.4. The first kappa shape index (κ1) is 15.0. The van der Waals surface area contributed by atoms with E-state index in [-0.39, 0.29) is 19.0 Å². The maximum atomic E-state index is 12.8. The van der Waals surface area contributed by atoms with E-state index >= 15 is 0 Å². The summed E-state index contributed by atoms with van der Waals surface area (Å²) >= 11 is 0. The summed E-state index contributed by atoms with van der Waals surface area (Å²) < 4.78 is 0. The highest BCUT2D eigenvalue weighted by molar-refractivity contribution is 6.04. The number of rotatable bonds is 2. The van der Waals surface area contributed by atoms with Crippen molar-refractivity contribution in [3.8, 4) is 0 Å². The number of nitrogens with two attached hydrogens (primary N) is 1. The molecule has 1 aliphatic carbocycles. The quantitative estimate of drug-likeness (QED) is 0.698. The molecule has 0 aromatic carbocycles. The van der Waals surface area contributed by atoms with Gasteiger partial charge in [0.2, 0.25) is 17.7 Å². The first-order valence-electron chi connectivity index (χ1n) is 7.24. The molecule has 2 fully saturated rings. The van der Waals surface area contributed by atoms with Crippen LogP contribution in [-0.4, -0.2) is 41.8 Å². The molecule has 6 nitrogen and oxygen atoms in total. The van der Waals surface area contributed by atoms with Crippen LogP contribution in [-0.2, 0) is 14.4 Å². The fraction of sp³-hybridized carbons (Fsp3) is 0.786. The molecule has 0 aromatic rings. The summed E-state index contributed by atoms with van der Waals surface area (Å²) in [6.45, 7) is 4.04. The Kier molecular flexibility index (Phi) is 4.13. The summed E-state index contributed by atoms with van der Waals surface area (Å²) in [5, 5.41) is 2.25. The largest absolute Gasteiger partial charge is 0.329 e. The molecule has 0 aromatic heterocycles. The normalized spacial score (nSPS) is 34.9. The van der Waals surface area contributed by atoms with Crippen molar-refractivity contribution < 1.29 is 14.4 Å². The summed E-state index contributed by atoms with van der Waals surface area (Å²) in [5.74, 6) is -0.363. The van der Waals surface area contributed by atoms with Crippen LogP contribution in [0.25, 0.3) is 0 Å². The van der Waals surface area contributed by atoms with Gasteiger partial charge in [0.15, 0.2) is 0 Å². The lowest BCUT2D eigenvalue weighted by Crippen LogP contribution is -2.62. The smallest absolute Gasteiger partial charge is 0.249 e. The van der Waals surface area contributed by atoms with Crippen LogP contribution in [0.3, 0.4) is 0 Å². The Bertz CT molecular complexity index is 427. The minimum atomic E-state index is -0.608. The van der Waals surface area contributed by atoms with Crippen LogP contribution < -0.4 is 11.1 Å². The standard InChI is InChI=1S/C14H23N3O3/c1-9-3-5-14(8-15,6-4-9)13(20)17-7-11(18)16-12(19)10(17)2/h9-10H,3-8,15H2,1-2H3,(H,16,18,19). The third kappa shape index (κ3) is 2.57. The fourth-order valence-corrected chi connectivity index (χ4v) is 3.09. The van der Waals surface area contributed by atoms with E-state index in [1.165, 1.54) is 4.90 Å². The molecule has 112 valence electrons. The second kappa shape index (κ2) is 5.52. The maximum Gasteiger partial charge on any atom is 0.249 e. The number of hydrogen-bond acceptors (Lipinski definition) is 4. The van der Waals surface area contributed by atoms with Gasteiger partial charge >= 0.3 is 0 Å². The molecule has 0 bridgehead atoms. The molecule has 1 heterocycles. The highest BCUT2D eigenvalue weighted by atomic mass is 16.2. The molecule has 2 aliphatic rings. The molecule has 6 heteroatoms. The van der Waals surface area contributed by atoms with E-state index in [2.05, 4.69) is 12.2 Å². The van der Waals surface area contributed by atoms with Crippen LogP contribution in [0.5, 0.6) is 0 Å². The molecule has 0 radical (unpaired) electrons. The van der Waals surface area contributed by atoms with Crippen molar-refractivity contribution >= 4 is 17.7 Å². The van der Waals surface area contributed by atoms with E-state index in [1.54, 1.807) is 6.92 Å². The molecule has 20 heavy (non-hydrogen) atoms. The van der Waals surface area contributed by atoms with Gasteiger partial charge in [-0.3, -0.25) is 19.7 Å². The van der Waals surface area contributed by atoms with Gasteiger partial charge in [0.1, 0.15) is 12.6 Å². The Hall–Kier alpha value is -1.43. The number of hydrogen-bond donors (Lipinski definition) is 2. The predicted octanol–water partition coefficient (Wildman–Crippen LogP) is 0.0151. The summed E-state index contributed by atoms with van der Waals surface area (Å²) in [6, 6.07) is -0.608. The average molecular weight is 281 g/mol. The highest BCUT2D eigenvalue weighted by Crippen LogP contribution is 2.40. The van der Waals surface area contributed by atoms with E-state index < -0.39 is 23.3 Å². The van der Waals surface area contributed by atoms with Gasteiger partial charge in [-0.15, -0.1) is 0 Å². The Morgan fingerprint density at radius 2 is 1.95 bits per heavy atom. The number of imide groups is 1. The third-order valence-electron chi connectivity index (χ3n) is 4.76. The number of carbonyl (C=O) groups excluding carboxylic acids is 3. The molecule has 1 saturated heterocycles. The number of carbonyl (C=O) groups is 3. The van der Waals surface area contributed by atoms with Crippen LogP contribution in [0, 0.1) is 11.3 Å². The van der Waals surface area contributed by atoms with Crippen LogP contribution in [0.1, 0.15) is 39.5 Å².